The third kappa shape index (κ3) is 3.70. The number of anilines is 1. The standard InChI is InChI=1S/C38H26N2O2/c41-37-31-18-10-20-35(36(31)38(42)39(37)29-16-9-15-27(23-29)25-11-3-1-4-12-25)40-33-19-8-7-17-30(33)32-24-28(21-22-34(32)40)26-13-5-2-6-14-26/h1-24,37,41H. The highest BCUT2D eigenvalue weighted by molar-refractivity contribution is 6.16. The lowest BCUT2D eigenvalue weighted by molar-refractivity contribution is 0.0935. The second-order valence-electron chi connectivity index (χ2n) is 10.7. The molecule has 7 aromatic rings. The summed E-state index contributed by atoms with van der Waals surface area (Å²) in [6.45, 7) is 0. The minimum absolute atomic E-state index is 0.217. The van der Waals surface area contributed by atoms with Gasteiger partial charge in [0.15, 0.2) is 6.23 Å². The van der Waals surface area contributed by atoms with E-state index in [9.17, 15) is 9.90 Å². The SMILES string of the molecule is O=C1c2c(cccc2-n2c3ccccc3c3cc(-c4ccccc4)ccc32)C(O)N1c1cccc(-c2ccccc2)c1. The minimum Gasteiger partial charge on any atom is -0.369 e. The Morgan fingerprint density at radius 3 is 1.90 bits per heavy atom. The molecule has 0 saturated carbocycles. The molecule has 0 bridgehead atoms. The molecule has 8 rings (SSSR count). The third-order valence-corrected chi connectivity index (χ3v) is 8.28. The van der Waals surface area contributed by atoms with Crippen LogP contribution in [0.25, 0.3) is 49.7 Å². The van der Waals surface area contributed by atoms with Gasteiger partial charge < -0.3 is 9.67 Å². The highest BCUT2D eigenvalue weighted by Crippen LogP contribution is 2.42. The van der Waals surface area contributed by atoms with Crippen LogP contribution in [-0.4, -0.2) is 15.6 Å². The number of nitrogens with zero attached hydrogens (tertiary/aromatic N) is 2. The number of hydrogen-bond acceptors (Lipinski definition) is 2. The Labute approximate surface area is 243 Å². The zero-order valence-electron chi connectivity index (χ0n) is 22.7. The highest BCUT2D eigenvalue weighted by atomic mass is 16.3. The molecule has 0 radical (unpaired) electrons. The van der Waals surface area contributed by atoms with Crippen molar-refractivity contribution in [3.63, 3.8) is 0 Å². The van der Waals surface area contributed by atoms with Gasteiger partial charge in [0.05, 0.1) is 22.3 Å². The van der Waals surface area contributed by atoms with Gasteiger partial charge in [-0.2, -0.15) is 0 Å². The number of aliphatic hydroxyl groups is 1. The number of aliphatic hydroxyl groups excluding tert-OH is 1. The Balaban J connectivity index is 1.29. The number of benzene rings is 6. The smallest absolute Gasteiger partial charge is 0.263 e. The molecule has 4 heteroatoms. The van der Waals surface area contributed by atoms with E-state index < -0.39 is 6.23 Å². The molecule has 1 aromatic heterocycles. The maximum Gasteiger partial charge on any atom is 0.263 e. The molecule has 0 saturated heterocycles. The Morgan fingerprint density at radius 1 is 0.524 bits per heavy atom. The maximum atomic E-state index is 14.2. The summed E-state index contributed by atoms with van der Waals surface area (Å²) in [6, 6.07) is 48.7. The fraction of sp³-hybridized carbons (Fsp3) is 0.0263. The monoisotopic (exact) mass is 542 g/mol. The number of hydrogen-bond donors (Lipinski definition) is 1. The zero-order valence-corrected chi connectivity index (χ0v) is 22.7. The lowest BCUT2D eigenvalue weighted by atomic mass is 10.0. The predicted molar refractivity (Wildman–Crippen MR) is 170 cm³/mol. The van der Waals surface area contributed by atoms with Gasteiger partial charge in [0, 0.05) is 22.0 Å². The van der Waals surface area contributed by atoms with E-state index in [0.717, 1.165) is 49.7 Å². The van der Waals surface area contributed by atoms with E-state index in [2.05, 4.69) is 47.0 Å². The molecule has 1 aliphatic rings. The Hall–Kier alpha value is -5.45. The molecule has 0 fully saturated rings. The van der Waals surface area contributed by atoms with Crippen molar-refractivity contribution in [3.05, 3.63) is 157 Å². The second kappa shape index (κ2) is 9.58. The van der Waals surface area contributed by atoms with Gasteiger partial charge in [-0.3, -0.25) is 9.69 Å². The van der Waals surface area contributed by atoms with E-state index in [1.807, 2.05) is 103 Å². The summed E-state index contributed by atoms with van der Waals surface area (Å²) >= 11 is 0. The summed E-state index contributed by atoms with van der Waals surface area (Å²) in [6.07, 6.45) is -1.09. The second-order valence-corrected chi connectivity index (χ2v) is 10.7. The number of amides is 1. The summed E-state index contributed by atoms with van der Waals surface area (Å²) in [5.41, 5.74) is 8.90. The van der Waals surface area contributed by atoms with Gasteiger partial charge in [-0.15, -0.1) is 0 Å². The largest absolute Gasteiger partial charge is 0.369 e. The molecule has 0 aliphatic carbocycles. The average molecular weight is 543 g/mol. The zero-order chi connectivity index (χ0) is 28.2. The molecule has 200 valence electrons. The molecule has 1 N–H and O–H groups in total. The van der Waals surface area contributed by atoms with Crippen LogP contribution in [0, 0.1) is 0 Å². The Kier molecular flexibility index (Phi) is 5.56. The Morgan fingerprint density at radius 2 is 1.14 bits per heavy atom. The van der Waals surface area contributed by atoms with Gasteiger partial charge in [0.2, 0.25) is 0 Å². The van der Waals surface area contributed by atoms with Crippen molar-refractivity contribution in [1.29, 1.82) is 0 Å². The number of aromatic nitrogens is 1. The van der Waals surface area contributed by atoms with E-state index in [1.54, 1.807) is 0 Å². The first kappa shape index (κ1) is 24.4. The van der Waals surface area contributed by atoms with Crippen LogP contribution in [0.4, 0.5) is 5.69 Å². The number of rotatable bonds is 4. The molecule has 1 aliphatic heterocycles. The van der Waals surface area contributed by atoms with Crippen LogP contribution >= 0.6 is 0 Å². The fourth-order valence-electron chi connectivity index (χ4n) is 6.33. The topological polar surface area (TPSA) is 45.5 Å². The fourth-order valence-corrected chi connectivity index (χ4v) is 6.33. The third-order valence-electron chi connectivity index (χ3n) is 8.28. The number of carbonyl (C=O) groups is 1. The molecule has 6 aromatic carbocycles. The van der Waals surface area contributed by atoms with Crippen LogP contribution in [0.5, 0.6) is 0 Å². The molecular formula is C38H26N2O2. The summed E-state index contributed by atoms with van der Waals surface area (Å²) in [5.74, 6) is -0.217. The van der Waals surface area contributed by atoms with Gasteiger partial charge in [-0.05, 0) is 58.7 Å². The summed E-state index contributed by atoms with van der Waals surface area (Å²) < 4.78 is 2.16. The first-order valence-electron chi connectivity index (χ1n) is 14.1. The number of para-hydroxylation sites is 1. The first-order chi connectivity index (χ1) is 20.7. The van der Waals surface area contributed by atoms with Crippen LogP contribution < -0.4 is 4.90 Å². The molecule has 2 heterocycles. The minimum atomic E-state index is -1.09. The molecule has 1 unspecified atom stereocenters. The first-order valence-corrected chi connectivity index (χ1v) is 14.1. The van der Waals surface area contributed by atoms with Crippen molar-refractivity contribution in [2.45, 2.75) is 6.23 Å². The van der Waals surface area contributed by atoms with Gasteiger partial charge in [0.25, 0.3) is 5.91 Å². The Bertz CT molecular complexity index is 2130. The van der Waals surface area contributed by atoms with Crippen molar-refractivity contribution < 1.29 is 9.90 Å². The molecule has 4 nitrogen and oxygen atoms in total. The van der Waals surface area contributed by atoms with E-state index in [0.29, 0.717) is 16.8 Å². The molecule has 1 amide bonds. The molecule has 1 atom stereocenters. The normalized spacial score (nSPS) is 14.5. The van der Waals surface area contributed by atoms with Crippen LogP contribution in [-0.2, 0) is 0 Å². The van der Waals surface area contributed by atoms with E-state index in [-0.39, 0.29) is 5.91 Å². The van der Waals surface area contributed by atoms with Gasteiger partial charge in [-0.1, -0.05) is 109 Å². The molecule has 0 spiro atoms. The van der Waals surface area contributed by atoms with E-state index in [4.69, 9.17) is 0 Å². The van der Waals surface area contributed by atoms with Crippen LogP contribution in [0.2, 0.25) is 0 Å². The number of fused-ring (bicyclic) bond motifs is 4. The van der Waals surface area contributed by atoms with Crippen LogP contribution in [0.15, 0.2) is 146 Å². The number of carbonyl (C=O) groups excluding carboxylic acids is 1. The summed E-state index contributed by atoms with van der Waals surface area (Å²) in [4.78, 5) is 15.7. The molecule has 42 heavy (non-hydrogen) atoms. The van der Waals surface area contributed by atoms with Crippen molar-refractivity contribution in [2.75, 3.05) is 4.90 Å². The van der Waals surface area contributed by atoms with Crippen molar-refractivity contribution in [2.24, 2.45) is 0 Å². The maximum absolute atomic E-state index is 14.2. The van der Waals surface area contributed by atoms with Crippen LogP contribution in [0.1, 0.15) is 22.1 Å². The van der Waals surface area contributed by atoms with Crippen molar-refractivity contribution >= 4 is 33.4 Å². The van der Waals surface area contributed by atoms with E-state index in [1.165, 1.54) is 4.90 Å². The van der Waals surface area contributed by atoms with Gasteiger partial charge in [0.1, 0.15) is 0 Å². The van der Waals surface area contributed by atoms with Crippen LogP contribution in [0.3, 0.4) is 0 Å². The average Bonchev–Trinajstić information content (AvgIpc) is 3.52. The van der Waals surface area contributed by atoms with E-state index >= 15 is 0 Å². The summed E-state index contributed by atoms with van der Waals surface area (Å²) in [5, 5.41) is 13.8. The highest BCUT2D eigenvalue weighted by Gasteiger charge is 2.39. The van der Waals surface area contributed by atoms with Gasteiger partial charge in [-0.25, -0.2) is 0 Å². The van der Waals surface area contributed by atoms with Crippen molar-refractivity contribution in [3.8, 4) is 27.9 Å². The van der Waals surface area contributed by atoms with Crippen molar-refractivity contribution in [1.82, 2.24) is 4.57 Å². The molecular weight excluding hydrogens is 516 g/mol. The quantitative estimate of drug-likeness (QED) is 0.242. The van der Waals surface area contributed by atoms with Gasteiger partial charge >= 0.3 is 0 Å². The lowest BCUT2D eigenvalue weighted by Crippen LogP contribution is -2.27. The lowest BCUT2D eigenvalue weighted by Gasteiger charge is -2.21. The summed E-state index contributed by atoms with van der Waals surface area (Å²) in [7, 11) is 0. The predicted octanol–water partition coefficient (Wildman–Crippen LogP) is 8.77.